The van der Waals surface area contributed by atoms with E-state index >= 15 is 0 Å². The highest BCUT2D eigenvalue weighted by Crippen LogP contribution is 2.39. The van der Waals surface area contributed by atoms with Crippen LogP contribution in [0, 0.1) is 11.8 Å². The lowest BCUT2D eigenvalue weighted by atomic mass is 9.97. The van der Waals surface area contributed by atoms with Gasteiger partial charge in [0.25, 0.3) is 0 Å². The van der Waals surface area contributed by atoms with Gasteiger partial charge < -0.3 is 16.3 Å². The molecule has 82 valence electrons. The lowest BCUT2D eigenvalue weighted by Gasteiger charge is -2.27. The van der Waals surface area contributed by atoms with E-state index in [1.807, 2.05) is 6.92 Å². The van der Waals surface area contributed by atoms with Gasteiger partial charge in [-0.15, -0.1) is 0 Å². The van der Waals surface area contributed by atoms with E-state index in [4.69, 9.17) is 10.9 Å². The second-order valence-corrected chi connectivity index (χ2v) is 4.80. The van der Waals surface area contributed by atoms with Gasteiger partial charge in [-0.1, -0.05) is 12.1 Å². The Morgan fingerprint density at radius 2 is 2.21 bits per heavy atom. The first-order valence-corrected chi connectivity index (χ1v) is 5.20. The highest BCUT2D eigenvalue weighted by Gasteiger charge is 2.37. The number of amidine groups is 1. The molecule has 4 nitrogen and oxygen atoms in total. The van der Waals surface area contributed by atoms with Crippen LogP contribution in [-0.2, 0) is 0 Å². The predicted molar refractivity (Wildman–Crippen MR) is 57.4 cm³/mol. The third kappa shape index (κ3) is 2.87. The highest BCUT2D eigenvalue weighted by molar-refractivity contribution is 5.82. The van der Waals surface area contributed by atoms with Gasteiger partial charge in [0.1, 0.15) is 5.84 Å². The maximum absolute atomic E-state index is 8.49. The van der Waals surface area contributed by atoms with E-state index in [9.17, 15) is 0 Å². The lowest BCUT2D eigenvalue weighted by molar-refractivity contribution is 0.307. The van der Waals surface area contributed by atoms with Crippen LogP contribution in [0.15, 0.2) is 5.16 Å². The van der Waals surface area contributed by atoms with Crippen LogP contribution < -0.4 is 11.1 Å². The predicted octanol–water partition coefficient (Wildman–Crippen LogP) is 1.15. The number of oxime groups is 1. The van der Waals surface area contributed by atoms with Crippen molar-refractivity contribution in [2.75, 3.05) is 6.54 Å². The molecule has 0 saturated heterocycles. The maximum atomic E-state index is 8.49. The fourth-order valence-electron chi connectivity index (χ4n) is 1.57. The first-order chi connectivity index (χ1) is 6.47. The quantitative estimate of drug-likeness (QED) is 0.269. The molecule has 1 rings (SSSR count). The smallest absolute Gasteiger partial charge is 0.143 e. The van der Waals surface area contributed by atoms with Crippen molar-refractivity contribution in [1.82, 2.24) is 5.32 Å². The molecule has 0 aromatic rings. The Kier molecular flexibility index (Phi) is 3.37. The second kappa shape index (κ2) is 4.17. The van der Waals surface area contributed by atoms with E-state index in [-0.39, 0.29) is 11.5 Å². The topological polar surface area (TPSA) is 70.6 Å². The van der Waals surface area contributed by atoms with E-state index in [1.165, 1.54) is 12.8 Å². The zero-order valence-electron chi connectivity index (χ0n) is 9.25. The Morgan fingerprint density at radius 1 is 1.64 bits per heavy atom. The molecular weight excluding hydrogens is 178 g/mol. The number of nitrogens with two attached hydrogens (primary N) is 1. The molecule has 0 radical (unpaired) electrons. The van der Waals surface area contributed by atoms with Gasteiger partial charge in [-0.05, 0) is 32.6 Å². The molecule has 1 aliphatic rings. The monoisotopic (exact) mass is 199 g/mol. The Balaban J connectivity index is 2.32. The molecule has 0 amide bonds. The molecule has 0 spiro atoms. The van der Waals surface area contributed by atoms with Crippen molar-refractivity contribution < 1.29 is 5.21 Å². The zero-order valence-corrected chi connectivity index (χ0v) is 9.25. The molecule has 0 aromatic carbocycles. The van der Waals surface area contributed by atoms with Crippen molar-refractivity contribution in [2.24, 2.45) is 22.7 Å². The molecule has 0 aliphatic heterocycles. The van der Waals surface area contributed by atoms with Crippen LogP contribution in [0.2, 0.25) is 0 Å². The highest BCUT2D eigenvalue weighted by atomic mass is 16.4. The molecular formula is C10H21N3O. The van der Waals surface area contributed by atoms with Gasteiger partial charge in [-0.25, -0.2) is 0 Å². The summed E-state index contributed by atoms with van der Waals surface area (Å²) >= 11 is 0. The first-order valence-electron chi connectivity index (χ1n) is 5.20. The Hall–Kier alpha value is -0.770. The van der Waals surface area contributed by atoms with E-state index < -0.39 is 0 Å². The van der Waals surface area contributed by atoms with E-state index in [2.05, 4.69) is 24.3 Å². The molecule has 1 fully saturated rings. The van der Waals surface area contributed by atoms with Crippen molar-refractivity contribution in [3.63, 3.8) is 0 Å². The summed E-state index contributed by atoms with van der Waals surface area (Å²) < 4.78 is 0. The van der Waals surface area contributed by atoms with E-state index in [0.717, 1.165) is 12.5 Å². The summed E-state index contributed by atoms with van der Waals surface area (Å²) in [4.78, 5) is 0. The van der Waals surface area contributed by atoms with Crippen molar-refractivity contribution in [1.29, 1.82) is 0 Å². The molecule has 4 N–H and O–H groups in total. The van der Waals surface area contributed by atoms with Crippen molar-refractivity contribution in [2.45, 2.75) is 39.2 Å². The summed E-state index contributed by atoms with van der Waals surface area (Å²) in [5.41, 5.74) is 5.68. The molecule has 1 unspecified atom stereocenters. The summed E-state index contributed by atoms with van der Waals surface area (Å²) in [7, 11) is 0. The molecule has 0 aromatic heterocycles. The lowest BCUT2D eigenvalue weighted by Crippen LogP contribution is -2.45. The van der Waals surface area contributed by atoms with E-state index in [1.54, 1.807) is 0 Å². The average molecular weight is 199 g/mol. The molecule has 1 saturated carbocycles. The third-order valence-corrected chi connectivity index (χ3v) is 3.08. The molecule has 14 heavy (non-hydrogen) atoms. The van der Waals surface area contributed by atoms with Crippen molar-refractivity contribution >= 4 is 5.84 Å². The van der Waals surface area contributed by atoms with Crippen LogP contribution in [0.25, 0.3) is 0 Å². The summed E-state index contributed by atoms with van der Waals surface area (Å²) in [6.07, 6.45) is 2.63. The zero-order chi connectivity index (χ0) is 10.8. The number of rotatable bonds is 5. The molecule has 0 bridgehead atoms. The van der Waals surface area contributed by atoms with Crippen LogP contribution in [0.1, 0.15) is 33.6 Å². The summed E-state index contributed by atoms with van der Waals surface area (Å²) in [5.74, 6) is 1.17. The Bertz CT molecular complexity index is 221. The summed E-state index contributed by atoms with van der Waals surface area (Å²) in [6.45, 7) is 7.14. The van der Waals surface area contributed by atoms with Gasteiger partial charge in [-0.2, -0.15) is 0 Å². The molecule has 1 aliphatic carbocycles. The van der Waals surface area contributed by atoms with Crippen LogP contribution in [0.5, 0.6) is 0 Å². The Morgan fingerprint density at radius 3 is 2.64 bits per heavy atom. The number of hydrogen-bond acceptors (Lipinski definition) is 3. The van der Waals surface area contributed by atoms with Crippen LogP contribution in [0.4, 0.5) is 0 Å². The standard InChI is InChI=1S/C10H21N3O/c1-7(9(11)13-14)6-12-10(2,3)8-4-5-8/h7-8,12,14H,4-6H2,1-3H3,(H2,11,13). The fourth-order valence-corrected chi connectivity index (χ4v) is 1.57. The SMILES string of the molecule is CC(CNC(C)(C)C1CC1)C(N)=NO. The minimum absolute atomic E-state index is 0.0815. The number of hydrogen-bond donors (Lipinski definition) is 3. The van der Waals surface area contributed by atoms with Gasteiger partial charge >= 0.3 is 0 Å². The van der Waals surface area contributed by atoms with Gasteiger partial charge in [0, 0.05) is 18.0 Å². The van der Waals surface area contributed by atoms with Gasteiger partial charge in [0.05, 0.1) is 0 Å². The minimum atomic E-state index is 0.0815. The van der Waals surface area contributed by atoms with Gasteiger partial charge in [-0.3, -0.25) is 0 Å². The van der Waals surface area contributed by atoms with Gasteiger partial charge in [0.15, 0.2) is 0 Å². The van der Waals surface area contributed by atoms with Crippen LogP contribution in [-0.4, -0.2) is 23.1 Å². The Labute approximate surface area is 85.6 Å². The average Bonchev–Trinajstić information content (AvgIpc) is 2.96. The first kappa shape index (κ1) is 11.3. The second-order valence-electron chi connectivity index (χ2n) is 4.80. The van der Waals surface area contributed by atoms with Gasteiger partial charge in [0.2, 0.25) is 0 Å². The maximum Gasteiger partial charge on any atom is 0.143 e. The molecule has 0 heterocycles. The molecule has 4 heteroatoms. The van der Waals surface area contributed by atoms with Crippen molar-refractivity contribution in [3.05, 3.63) is 0 Å². The number of nitrogens with zero attached hydrogens (tertiary/aromatic N) is 1. The van der Waals surface area contributed by atoms with Crippen LogP contribution >= 0.6 is 0 Å². The summed E-state index contributed by atoms with van der Waals surface area (Å²) in [6, 6.07) is 0. The third-order valence-electron chi connectivity index (χ3n) is 3.08. The number of nitrogens with one attached hydrogen (secondary N) is 1. The summed E-state index contributed by atoms with van der Waals surface area (Å²) in [5, 5.41) is 15.0. The normalized spacial score (nSPS) is 20.9. The minimum Gasteiger partial charge on any atom is -0.409 e. The van der Waals surface area contributed by atoms with Crippen LogP contribution in [0.3, 0.4) is 0 Å². The molecule has 1 atom stereocenters. The largest absolute Gasteiger partial charge is 0.409 e. The fraction of sp³-hybridized carbons (Fsp3) is 0.900. The van der Waals surface area contributed by atoms with E-state index in [0.29, 0.717) is 5.84 Å². The van der Waals surface area contributed by atoms with Crippen molar-refractivity contribution in [3.8, 4) is 0 Å².